The van der Waals surface area contributed by atoms with Crippen LogP contribution >= 0.6 is 0 Å². The normalized spacial score (nSPS) is 39.2. The van der Waals surface area contributed by atoms with Gasteiger partial charge in [-0.15, -0.1) is 0 Å². The first kappa shape index (κ1) is 27.6. The molecule has 38 heavy (non-hydrogen) atoms. The van der Waals surface area contributed by atoms with Crippen molar-refractivity contribution in [1.82, 2.24) is 5.32 Å². The third-order valence-electron chi connectivity index (χ3n) is 8.14. The fraction of sp³-hybridized carbons (Fsp3) is 0.483. The summed E-state index contributed by atoms with van der Waals surface area (Å²) in [6.45, 7) is 8.94. The molecule has 0 aromatic heterocycles. The molecule has 2 heterocycles. The van der Waals surface area contributed by atoms with Crippen LogP contribution in [-0.2, 0) is 25.5 Å². The maximum atomic E-state index is 13.8. The molecule has 2 aliphatic heterocycles. The van der Waals surface area contributed by atoms with Crippen LogP contribution in [0.2, 0.25) is 0 Å². The van der Waals surface area contributed by atoms with Crippen LogP contribution in [0.4, 0.5) is 4.79 Å². The van der Waals surface area contributed by atoms with Gasteiger partial charge < -0.3 is 29.7 Å². The Labute approximate surface area is 222 Å². The minimum atomic E-state index is -1.87. The van der Waals surface area contributed by atoms with Crippen LogP contribution in [0.15, 0.2) is 60.9 Å². The quantitative estimate of drug-likeness (QED) is 0.406. The van der Waals surface area contributed by atoms with Crippen molar-refractivity contribution < 1.29 is 38.8 Å². The van der Waals surface area contributed by atoms with E-state index in [1.807, 2.05) is 31.2 Å². The molecule has 3 aliphatic rings. The summed E-state index contributed by atoms with van der Waals surface area (Å²) < 4.78 is 16.2. The molecule has 2 fully saturated rings. The number of hydrogen-bond donors (Lipinski definition) is 3. The van der Waals surface area contributed by atoms with Gasteiger partial charge in [0, 0.05) is 17.9 Å². The zero-order chi connectivity index (χ0) is 27.8. The van der Waals surface area contributed by atoms with E-state index < -0.39 is 64.9 Å². The molecule has 204 valence electrons. The molecule has 1 spiro atoms. The van der Waals surface area contributed by atoms with E-state index >= 15 is 0 Å². The molecule has 1 aromatic rings. The average Bonchev–Trinajstić information content (AvgIpc) is 3.15. The van der Waals surface area contributed by atoms with Crippen LogP contribution in [0, 0.1) is 23.7 Å². The summed E-state index contributed by atoms with van der Waals surface area (Å²) in [6.07, 6.45) is 3.55. The van der Waals surface area contributed by atoms with E-state index in [2.05, 4.69) is 11.9 Å². The number of ether oxygens (including phenoxy) is 3. The number of cyclic esters (lactones) is 1. The minimum absolute atomic E-state index is 0.237. The van der Waals surface area contributed by atoms with Crippen molar-refractivity contribution in [3.63, 3.8) is 0 Å². The summed E-state index contributed by atoms with van der Waals surface area (Å²) in [5.74, 6) is -2.84. The number of nitrogens with one attached hydrogen (secondary N) is 1. The second-order valence-electron chi connectivity index (χ2n) is 10.6. The van der Waals surface area contributed by atoms with Gasteiger partial charge in [0.15, 0.2) is 5.78 Å². The van der Waals surface area contributed by atoms with Gasteiger partial charge in [-0.25, -0.2) is 4.79 Å². The number of Topliss-reactive ketones (excluding diaryl/α,β-unsaturated/α-hetero) is 1. The van der Waals surface area contributed by atoms with E-state index in [1.165, 1.54) is 6.92 Å². The Kier molecular flexibility index (Phi) is 7.54. The number of carbonyl (C=O) groups is 3. The summed E-state index contributed by atoms with van der Waals surface area (Å²) >= 11 is 0. The number of benzene rings is 1. The Morgan fingerprint density at radius 1 is 1.18 bits per heavy atom. The number of amides is 1. The first-order valence-corrected chi connectivity index (χ1v) is 12.7. The summed E-state index contributed by atoms with van der Waals surface area (Å²) in [5.41, 5.74) is -2.20. The molecule has 1 amide bonds. The predicted octanol–water partition coefficient (Wildman–Crippen LogP) is 2.86. The standard InChI is InChI=1S/C29H35NO8/c1-16-7-6-8-21-24(31)18(3)17(2)23-22(15-19-9-11-20(36-5)12-10-19)30-26(33)29(21,23)38-27(34)37-14-13-28(4,35)25(16)32/h6,8-14,16-17,21-24,31,35H,3,7,15H2,1-2,4-5H3,(H,30,33)/b8-6+,14-13+/t16-,17+,21-,22-,23-,24?,28+,29+/m0/s1. The van der Waals surface area contributed by atoms with Crippen LogP contribution in [0.3, 0.4) is 0 Å². The summed E-state index contributed by atoms with van der Waals surface area (Å²) in [4.78, 5) is 39.4. The zero-order valence-electron chi connectivity index (χ0n) is 22.0. The molecule has 0 bridgehead atoms. The topological polar surface area (TPSA) is 131 Å². The lowest BCUT2D eigenvalue weighted by atomic mass is 9.59. The van der Waals surface area contributed by atoms with Gasteiger partial charge in [0.1, 0.15) is 11.4 Å². The molecular weight excluding hydrogens is 490 g/mol. The molecule has 1 saturated heterocycles. The second kappa shape index (κ2) is 10.4. The molecule has 9 heteroatoms. The van der Waals surface area contributed by atoms with Gasteiger partial charge in [0.25, 0.3) is 5.91 Å². The predicted molar refractivity (Wildman–Crippen MR) is 138 cm³/mol. The van der Waals surface area contributed by atoms with E-state index in [1.54, 1.807) is 26.2 Å². The van der Waals surface area contributed by atoms with Gasteiger partial charge in [-0.3, -0.25) is 9.59 Å². The summed E-state index contributed by atoms with van der Waals surface area (Å²) in [5, 5.41) is 24.8. The van der Waals surface area contributed by atoms with Crippen LogP contribution in [0.5, 0.6) is 5.75 Å². The molecule has 1 unspecified atom stereocenters. The fourth-order valence-corrected chi connectivity index (χ4v) is 6.01. The third kappa shape index (κ3) is 4.76. The largest absolute Gasteiger partial charge is 0.514 e. The second-order valence-corrected chi connectivity index (χ2v) is 10.6. The van der Waals surface area contributed by atoms with E-state index in [0.29, 0.717) is 17.7 Å². The van der Waals surface area contributed by atoms with Crippen molar-refractivity contribution in [3.05, 3.63) is 66.5 Å². The number of aliphatic hydroxyl groups excluding tert-OH is 1. The Hall–Kier alpha value is -3.43. The van der Waals surface area contributed by atoms with Gasteiger partial charge in [-0.2, -0.15) is 0 Å². The monoisotopic (exact) mass is 525 g/mol. The van der Waals surface area contributed by atoms with Crippen molar-refractivity contribution in [1.29, 1.82) is 0 Å². The van der Waals surface area contributed by atoms with Gasteiger partial charge in [0.05, 0.1) is 25.4 Å². The highest BCUT2D eigenvalue weighted by Crippen LogP contribution is 2.52. The van der Waals surface area contributed by atoms with Crippen molar-refractivity contribution in [3.8, 4) is 5.75 Å². The summed E-state index contributed by atoms with van der Waals surface area (Å²) in [6, 6.07) is 7.03. The fourth-order valence-electron chi connectivity index (χ4n) is 6.01. The maximum Gasteiger partial charge on any atom is 0.514 e. The van der Waals surface area contributed by atoms with Gasteiger partial charge in [-0.1, -0.05) is 44.7 Å². The molecule has 1 aromatic carbocycles. The molecule has 9 nitrogen and oxygen atoms in total. The number of hydrogen-bond acceptors (Lipinski definition) is 8. The van der Waals surface area contributed by atoms with Crippen molar-refractivity contribution in [2.24, 2.45) is 23.7 Å². The lowest BCUT2D eigenvalue weighted by molar-refractivity contribution is -0.159. The number of ketones is 1. The van der Waals surface area contributed by atoms with Crippen LogP contribution < -0.4 is 10.1 Å². The van der Waals surface area contributed by atoms with Crippen LogP contribution in [-0.4, -0.2) is 58.5 Å². The molecule has 1 aliphatic carbocycles. The lowest BCUT2D eigenvalue weighted by Crippen LogP contribution is -2.61. The number of rotatable bonds is 3. The number of methoxy groups -OCH3 is 1. The SMILES string of the molecule is C=C1C(O)[C@@H]2/C=C/C[C@H](C)C(=O)[C@](C)(O)/C=C/OC(=O)O[C@]23C(=O)N[C@@H](Cc2ccc(OC)cc2)[C@@H]3[C@@H]1C. The Morgan fingerprint density at radius 2 is 1.87 bits per heavy atom. The number of carbonyl (C=O) groups excluding carboxylic acids is 3. The Morgan fingerprint density at radius 3 is 2.53 bits per heavy atom. The van der Waals surface area contributed by atoms with Gasteiger partial charge in [-0.05, 0) is 55.0 Å². The van der Waals surface area contributed by atoms with Gasteiger partial charge in [0.2, 0.25) is 5.60 Å². The van der Waals surface area contributed by atoms with Crippen LogP contribution in [0.25, 0.3) is 0 Å². The van der Waals surface area contributed by atoms with Crippen molar-refractivity contribution in [2.75, 3.05) is 7.11 Å². The Balaban J connectivity index is 1.78. The van der Waals surface area contributed by atoms with E-state index in [-0.39, 0.29) is 6.42 Å². The van der Waals surface area contributed by atoms with E-state index in [0.717, 1.165) is 17.9 Å². The molecule has 0 radical (unpaired) electrons. The smallest absolute Gasteiger partial charge is 0.497 e. The summed E-state index contributed by atoms with van der Waals surface area (Å²) in [7, 11) is 1.58. The molecule has 8 atom stereocenters. The van der Waals surface area contributed by atoms with E-state index in [4.69, 9.17) is 14.2 Å². The molecule has 3 N–H and O–H groups in total. The molecule has 4 rings (SSSR count). The highest BCUT2D eigenvalue weighted by atomic mass is 16.7. The van der Waals surface area contributed by atoms with Crippen LogP contribution in [0.1, 0.15) is 32.8 Å². The molecule has 1 saturated carbocycles. The lowest BCUT2D eigenvalue weighted by Gasteiger charge is -2.48. The van der Waals surface area contributed by atoms with Crippen molar-refractivity contribution in [2.45, 2.75) is 57.0 Å². The molecular formula is C29H35NO8. The number of allylic oxidation sites excluding steroid dienone is 1. The highest BCUT2D eigenvalue weighted by molar-refractivity contribution is 5.92. The number of aliphatic hydroxyl groups is 2. The Bertz CT molecular complexity index is 1170. The average molecular weight is 526 g/mol. The highest BCUT2D eigenvalue weighted by Gasteiger charge is 2.68. The minimum Gasteiger partial charge on any atom is -0.497 e. The van der Waals surface area contributed by atoms with Crippen molar-refractivity contribution >= 4 is 17.8 Å². The zero-order valence-corrected chi connectivity index (χ0v) is 22.0. The third-order valence-corrected chi connectivity index (χ3v) is 8.14. The first-order valence-electron chi connectivity index (χ1n) is 12.7. The van der Waals surface area contributed by atoms with Gasteiger partial charge >= 0.3 is 6.16 Å². The maximum absolute atomic E-state index is 13.8. The first-order chi connectivity index (χ1) is 17.9. The van der Waals surface area contributed by atoms with E-state index in [9.17, 15) is 24.6 Å².